The van der Waals surface area contributed by atoms with Gasteiger partial charge in [-0.3, -0.25) is 6.42 Å². The predicted molar refractivity (Wildman–Crippen MR) is 25.7 cm³/mol. The van der Waals surface area contributed by atoms with E-state index >= 15 is 0 Å². The van der Waals surface area contributed by atoms with Crippen LogP contribution in [-0.4, -0.2) is 11.6 Å². The van der Waals surface area contributed by atoms with E-state index in [0.717, 1.165) is 6.42 Å². The van der Waals surface area contributed by atoms with Crippen molar-refractivity contribution in [3.63, 3.8) is 0 Å². The van der Waals surface area contributed by atoms with Crippen LogP contribution in [0.4, 0.5) is 0 Å². The summed E-state index contributed by atoms with van der Waals surface area (Å²) < 4.78 is 0. The van der Waals surface area contributed by atoms with E-state index in [9.17, 15) is 9.59 Å². The molecule has 3 heteroatoms. The molecule has 0 unspecified atom stereocenters. The van der Waals surface area contributed by atoms with Gasteiger partial charge in [-0.2, -0.15) is 0 Å². The average molecular weight is 202 g/mol. The van der Waals surface area contributed by atoms with Gasteiger partial charge in [-0.05, 0) is 13.8 Å². The third-order valence-corrected chi connectivity index (χ3v) is 0.407. The Morgan fingerprint density at radius 1 is 1.12 bits per heavy atom. The Kier molecular flexibility index (Phi) is 6.69. The van der Waals surface area contributed by atoms with Gasteiger partial charge >= 0.3 is 0 Å². The van der Waals surface area contributed by atoms with Crippen LogP contribution in [0.25, 0.3) is 0 Å². The van der Waals surface area contributed by atoms with Gasteiger partial charge in [0, 0.05) is 31.0 Å². The first-order valence-electron chi connectivity index (χ1n) is 1.99. The van der Waals surface area contributed by atoms with Crippen molar-refractivity contribution >= 4 is 11.6 Å². The second-order valence-corrected chi connectivity index (χ2v) is 1.37. The van der Waals surface area contributed by atoms with Gasteiger partial charge in [-0.25, -0.2) is 0 Å². The second kappa shape index (κ2) is 4.98. The maximum Gasteiger partial charge on any atom is 0.00219 e. The molecule has 0 spiro atoms. The molecule has 0 fully saturated rings. The largest absolute Gasteiger partial charge is 0.334 e. The first-order valence-corrected chi connectivity index (χ1v) is 1.99. The molecule has 0 saturated heterocycles. The SMILES string of the molecule is CC(=O)[CH-]C(C)=O.[Rh]. The van der Waals surface area contributed by atoms with Crippen LogP contribution in [0.1, 0.15) is 13.8 Å². The number of ketones is 2. The Labute approximate surface area is 61.4 Å². The van der Waals surface area contributed by atoms with Crippen molar-refractivity contribution in [1.29, 1.82) is 0 Å². The molecule has 0 aliphatic carbocycles. The van der Waals surface area contributed by atoms with E-state index in [1.807, 2.05) is 0 Å². The Morgan fingerprint density at radius 2 is 1.38 bits per heavy atom. The smallest absolute Gasteiger partial charge is 0.00219 e. The molecule has 0 aromatic rings. The van der Waals surface area contributed by atoms with Gasteiger partial charge in [0.2, 0.25) is 0 Å². The van der Waals surface area contributed by atoms with Crippen LogP contribution in [-0.2, 0) is 29.1 Å². The zero-order valence-electron chi connectivity index (χ0n) is 4.73. The van der Waals surface area contributed by atoms with E-state index in [1.54, 1.807) is 0 Å². The summed E-state index contributed by atoms with van der Waals surface area (Å²) in [6, 6.07) is 0. The topological polar surface area (TPSA) is 34.1 Å². The van der Waals surface area contributed by atoms with Crippen LogP contribution < -0.4 is 0 Å². The summed E-state index contributed by atoms with van der Waals surface area (Å²) in [7, 11) is 0. The number of rotatable bonds is 2. The second-order valence-electron chi connectivity index (χ2n) is 1.37. The van der Waals surface area contributed by atoms with Crippen molar-refractivity contribution in [2.75, 3.05) is 0 Å². The van der Waals surface area contributed by atoms with Gasteiger partial charge in [-0.15, -0.1) is 0 Å². The first-order chi connectivity index (χ1) is 3.13. The average Bonchev–Trinajstić information content (AvgIpc) is 1.27. The van der Waals surface area contributed by atoms with Crippen LogP contribution in [0.2, 0.25) is 0 Å². The standard InChI is InChI=1S/C5H7O2.Rh/c1-4(6)3-5(2)7;/h3H,1-2H3;/q-1;. The fourth-order valence-electron chi connectivity index (χ4n) is 0.286. The molecule has 0 aromatic carbocycles. The Hall–Kier alpha value is -0.167. The fraction of sp³-hybridized carbons (Fsp3) is 0.400. The van der Waals surface area contributed by atoms with E-state index in [1.165, 1.54) is 13.8 Å². The van der Waals surface area contributed by atoms with Gasteiger partial charge in [0.15, 0.2) is 0 Å². The van der Waals surface area contributed by atoms with Crippen molar-refractivity contribution in [2.24, 2.45) is 0 Å². The third kappa shape index (κ3) is 9.27. The summed E-state index contributed by atoms with van der Waals surface area (Å²) in [6.07, 6.45) is 1.06. The maximum atomic E-state index is 9.98. The molecular weight excluding hydrogens is 195 g/mol. The molecule has 2 nitrogen and oxygen atoms in total. The van der Waals surface area contributed by atoms with E-state index in [0.29, 0.717) is 0 Å². The number of hydrogen-bond donors (Lipinski definition) is 0. The van der Waals surface area contributed by atoms with Crippen molar-refractivity contribution in [3.8, 4) is 0 Å². The quantitative estimate of drug-likeness (QED) is 0.368. The van der Waals surface area contributed by atoms with Gasteiger partial charge in [0.05, 0.1) is 0 Å². The zero-order chi connectivity index (χ0) is 5.86. The summed E-state index contributed by atoms with van der Waals surface area (Å²) in [5.41, 5.74) is 0. The third-order valence-electron chi connectivity index (χ3n) is 0.407. The van der Waals surface area contributed by atoms with Crippen LogP contribution in [0.15, 0.2) is 0 Å². The van der Waals surface area contributed by atoms with Crippen LogP contribution in [0.5, 0.6) is 0 Å². The molecule has 0 aliphatic heterocycles. The molecule has 49 valence electrons. The number of hydrogen-bond acceptors (Lipinski definition) is 2. The van der Waals surface area contributed by atoms with Crippen molar-refractivity contribution in [3.05, 3.63) is 6.42 Å². The van der Waals surface area contributed by atoms with Crippen molar-refractivity contribution < 1.29 is 29.1 Å². The predicted octanol–water partition coefficient (Wildman–Crippen LogP) is 0.366. The number of carbonyl (C=O) groups is 2. The summed E-state index contributed by atoms with van der Waals surface area (Å²) in [4.78, 5) is 20.0. The van der Waals surface area contributed by atoms with E-state index in [-0.39, 0.29) is 31.0 Å². The summed E-state index contributed by atoms with van der Waals surface area (Å²) in [6.45, 7) is 2.70. The van der Waals surface area contributed by atoms with E-state index < -0.39 is 0 Å². The number of Topliss-reactive ketones (excluding diaryl/α,β-unsaturated/α-hetero) is 2. The zero-order valence-corrected chi connectivity index (χ0v) is 6.37. The molecule has 0 saturated carbocycles. The Morgan fingerprint density at radius 3 is 1.38 bits per heavy atom. The molecule has 0 rings (SSSR count). The summed E-state index contributed by atoms with van der Waals surface area (Å²) in [5, 5.41) is 0. The minimum Gasteiger partial charge on any atom is -0.334 e. The molecular formula is C5H7O2Rh-. The Balaban J connectivity index is 0. The molecule has 0 heterocycles. The number of carbonyl (C=O) groups excluding carboxylic acids is 2. The molecule has 0 aliphatic rings. The Bertz CT molecular complexity index is 86.6. The van der Waals surface area contributed by atoms with Gasteiger partial charge in [0.25, 0.3) is 0 Å². The van der Waals surface area contributed by atoms with Crippen molar-refractivity contribution in [2.45, 2.75) is 13.8 Å². The van der Waals surface area contributed by atoms with Gasteiger partial charge < -0.3 is 9.59 Å². The van der Waals surface area contributed by atoms with E-state index in [4.69, 9.17) is 0 Å². The molecule has 0 N–H and O–H groups in total. The minimum atomic E-state index is -0.187. The monoisotopic (exact) mass is 202 g/mol. The van der Waals surface area contributed by atoms with Gasteiger partial charge in [-0.1, -0.05) is 0 Å². The van der Waals surface area contributed by atoms with Gasteiger partial charge in [0.1, 0.15) is 0 Å². The maximum absolute atomic E-state index is 9.98. The first kappa shape index (κ1) is 10.7. The van der Waals surface area contributed by atoms with Crippen LogP contribution >= 0.6 is 0 Å². The molecule has 0 atom stereocenters. The van der Waals surface area contributed by atoms with Crippen LogP contribution in [0.3, 0.4) is 0 Å². The molecule has 8 heavy (non-hydrogen) atoms. The fourth-order valence-corrected chi connectivity index (χ4v) is 0.286. The normalized spacial score (nSPS) is 6.75. The van der Waals surface area contributed by atoms with Crippen molar-refractivity contribution in [1.82, 2.24) is 0 Å². The molecule has 1 radical (unpaired) electrons. The van der Waals surface area contributed by atoms with E-state index in [2.05, 4.69) is 0 Å². The summed E-state index contributed by atoms with van der Waals surface area (Å²) >= 11 is 0. The molecule has 0 bridgehead atoms. The molecule has 0 aromatic heterocycles. The molecule has 0 amide bonds. The summed E-state index contributed by atoms with van der Waals surface area (Å²) in [5.74, 6) is -0.375. The minimum absolute atomic E-state index is 0. The van der Waals surface area contributed by atoms with Crippen LogP contribution in [0, 0.1) is 6.42 Å².